The van der Waals surface area contributed by atoms with Crippen molar-refractivity contribution in [2.24, 2.45) is 0 Å². The van der Waals surface area contributed by atoms with Crippen LogP contribution in [-0.4, -0.2) is 31.2 Å². The molecule has 0 saturated carbocycles. The molecular weight excluding hydrogens is 200 g/mol. The number of hydrogen-bond donors (Lipinski definition) is 1. The smallest absolute Gasteiger partial charge is 0.0593 e. The van der Waals surface area contributed by atoms with E-state index in [1.54, 1.807) is 0 Å². The van der Waals surface area contributed by atoms with Crippen LogP contribution in [0.4, 0.5) is 5.69 Å². The second kappa shape index (κ2) is 5.32. The van der Waals surface area contributed by atoms with E-state index >= 15 is 0 Å². The highest BCUT2D eigenvalue weighted by Gasteiger charge is 2.17. The molecule has 2 rings (SSSR count). The van der Waals surface area contributed by atoms with Gasteiger partial charge in [0.2, 0.25) is 0 Å². The van der Waals surface area contributed by atoms with Crippen molar-refractivity contribution in [1.29, 1.82) is 0 Å². The number of benzene rings is 1. The van der Waals surface area contributed by atoms with E-state index in [0.717, 1.165) is 45.0 Å². The molecule has 0 aromatic heterocycles. The van der Waals surface area contributed by atoms with E-state index in [2.05, 4.69) is 11.0 Å². The van der Waals surface area contributed by atoms with Crippen molar-refractivity contribution in [3.8, 4) is 0 Å². The maximum absolute atomic E-state index is 6.00. The Bertz CT molecular complexity index is 352. The monoisotopic (exact) mass is 220 g/mol. The average molecular weight is 220 g/mol. The summed E-state index contributed by atoms with van der Waals surface area (Å²) >= 11 is 0. The molecule has 1 aromatic rings. The Morgan fingerprint density at radius 2 is 2.31 bits per heavy atom. The highest BCUT2D eigenvalue weighted by Crippen LogP contribution is 2.23. The largest absolute Gasteiger partial charge is 0.398 e. The van der Waals surface area contributed by atoms with E-state index < -0.39 is 0 Å². The molecule has 1 aliphatic rings. The minimum absolute atomic E-state index is 0.798. The van der Waals surface area contributed by atoms with Crippen molar-refractivity contribution >= 4 is 5.69 Å². The summed E-state index contributed by atoms with van der Waals surface area (Å²) < 4.78 is 5.38. The van der Waals surface area contributed by atoms with Crippen LogP contribution in [0.3, 0.4) is 0 Å². The molecule has 0 unspecified atom stereocenters. The number of ether oxygens (including phenoxy) is 1. The van der Waals surface area contributed by atoms with Crippen molar-refractivity contribution in [3.05, 3.63) is 29.3 Å². The third-order valence-corrected chi connectivity index (χ3v) is 3.14. The summed E-state index contributed by atoms with van der Waals surface area (Å²) in [5, 5.41) is 0. The van der Waals surface area contributed by atoms with Crippen LogP contribution in [0, 0.1) is 0 Å². The molecule has 0 radical (unpaired) electrons. The Labute approximate surface area is 97.2 Å². The van der Waals surface area contributed by atoms with Gasteiger partial charge in [-0.15, -0.1) is 0 Å². The van der Waals surface area contributed by atoms with Gasteiger partial charge in [0, 0.05) is 31.9 Å². The molecule has 88 valence electrons. The van der Waals surface area contributed by atoms with E-state index in [1.165, 1.54) is 11.1 Å². The highest BCUT2D eigenvalue weighted by atomic mass is 16.5. The second-order valence-corrected chi connectivity index (χ2v) is 4.21. The van der Waals surface area contributed by atoms with Crippen molar-refractivity contribution in [2.45, 2.75) is 19.9 Å². The lowest BCUT2D eigenvalue weighted by molar-refractivity contribution is 0.108. The molecule has 0 spiro atoms. The fourth-order valence-corrected chi connectivity index (χ4v) is 2.19. The average Bonchev–Trinajstić information content (AvgIpc) is 2.30. The second-order valence-electron chi connectivity index (χ2n) is 4.21. The van der Waals surface area contributed by atoms with Crippen LogP contribution in [0.5, 0.6) is 0 Å². The van der Waals surface area contributed by atoms with Crippen molar-refractivity contribution < 1.29 is 4.74 Å². The van der Waals surface area contributed by atoms with Crippen LogP contribution < -0.4 is 5.73 Å². The standard InChI is InChI=1S/C13H20N2O/c1-2-16-9-8-15-7-6-11-4-3-5-13(14)12(11)10-15/h3-5H,2,6-10,14H2,1H3. The molecule has 0 fully saturated rings. The predicted octanol–water partition coefficient (Wildman–Crippen LogP) is 1.66. The molecule has 3 heteroatoms. The third-order valence-electron chi connectivity index (χ3n) is 3.14. The fourth-order valence-electron chi connectivity index (χ4n) is 2.19. The Morgan fingerprint density at radius 1 is 1.44 bits per heavy atom. The lowest BCUT2D eigenvalue weighted by atomic mass is 9.98. The van der Waals surface area contributed by atoms with Crippen LogP contribution in [0.1, 0.15) is 18.1 Å². The minimum Gasteiger partial charge on any atom is -0.398 e. The molecule has 1 heterocycles. The minimum atomic E-state index is 0.798. The van der Waals surface area contributed by atoms with Crippen LogP contribution in [-0.2, 0) is 17.7 Å². The molecule has 16 heavy (non-hydrogen) atoms. The van der Waals surface area contributed by atoms with E-state index in [1.807, 2.05) is 19.1 Å². The van der Waals surface area contributed by atoms with Crippen molar-refractivity contribution in [1.82, 2.24) is 4.90 Å². The topological polar surface area (TPSA) is 38.5 Å². The maximum atomic E-state index is 6.00. The summed E-state index contributed by atoms with van der Waals surface area (Å²) in [6.45, 7) is 6.73. The molecule has 2 N–H and O–H groups in total. The Morgan fingerprint density at radius 3 is 3.12 bits per heavy atom. The molecular formula is C13H20N2O. The van der Waals surface area contributed by atoms with Gasteiger partial charge >= 0.3 is 0 Å². The van der Waals surface area contributed by atoms with Gasteiger partial charge in [-0.2, -0.15) is 0 Å². The van der Waals surface area contributed by atoms with Crippen molar-refractivity contribution in [2.75, 3.05) is 32.0 Å². The number of nitrogens with zero attached hydrogens (tertiary/aromatic N) is 1. The molecule has 0 amide bonds. The lowest BCUT2D eigenvalue weighted by Gasteiger charge is -2.29. The molecule has 0 atom stereocenters. The summed E-state index contributed by atoms with van der Waals surface area (Å²) in [4.78, 5) is 2.41. The van der Waals surface area contributed by atoms with E-state index in [9.17, 15) is 0 Å². The van der Waals surface area contributed by atoms with Gasteiger partial charge in [-0.3, -0.25) is 4.90 Å². The van der Waals surface area contributed by atoms with Gasteiger partial charge in [0.05, 0.1) is 6.61 Å². The molecule has 0 saturated heterocycles. The van der Waals surface area contributed by atoms with Gasteiger partial charge in [0.15, 0.2) is 0 Å². The van der Waals surface area contributed by atoms with Crippen LogP contribution in [0.2, 0.25) is 0 Å². The van der Waals surface area contributed by atoms with Gasteiger partial charge in [0.25, 0.3) is 0 Å². The summed E-state index contributed by atoms with van der Waals surface area (Å²) in [5.74, 6) is 0. The molecule has 0 aliphatic carbocycles. The summed E-state index contributed by atoms with van der Waals surface area (Å²) in [6, 6.07) is 6.22. The van der Waals surface area contributed by atoms with E-state index in [0.29, 0.717) is 0 Å². The van der Waals surface area contributed by atoms with E-state index in [4.69, 9.17) is 10.5 Å². The zero-order chi connectivity index (χ0) is 11.4. The Kier molecular flexibility index (Phi) is 3.80. The van der Waals surface area contributed by atoms with Crippen LogP contribution in [0.15, 0.2) is 18.2 Å². The Hall–Kier alpha value is -1.06. The number of anilines is 1. The first-order chi connectivity index (χ1) is 7.81. The summed E-state index contributed by atoms with van der Waals surface area (Å²) in [7, 11) is 0. The van der Waals surface area contributed by atoms with Gasteiger partial charge in [0.1, 0.15) is 0 Å². The molecule has 1 aromatic carbocycles. The molecule has 1 aliphatic heterocycles. The number of nitrogen functional groups attached to an aromatic ring is 1. The summed E-state index contributed by atoms with van der Waals surface area (Å²) in [5.41, 5.74) is 9.65. The highest BCUT2D eigenvalue weighted by molar-refractivity contribution is 5.51. The summed E-state index contributed by atoms with van der Waals surface area (Å²) in [6.07, 6.45) is 1.10. The van der Waals surface area contributed by atoms with Gasteiger partial charge in [-0.1, -0.05) is 12.1 Å². The van der Waals surface area contributed by atoms with Crippen LogP contribution in [0.25, 0.3) is 0 Å². The molecule has 3 nitrogen and oxygen atoms in total. The SMILES string of the molecule is CCOCCN1CCc2cccc(N)c2C1. The predicted molar refractivity (Wildman–Crippen MR) is 66.3 cm³/mol. The zero-order valence-corrected chi connectivity index (χ0v) is 9.91. The van der Waals surface area contributed by atoms with E-state index in [-0.39, 0.29) is 0 Å². The van der Waals surface area contributed by atoms with Crippen molar-refractivity contribution in [3.63, 3.8) is 0 Å². The zero-order valence-electron chi connectivity index (χ0n) is 9.91. The first kappa shape index (κ1) is 11.4. The first-order valence-electron chi connectivity index (χ1n) is 5.97. The quantitative estimate of drug-likeness (QED) is 0.619. The fraction of sp³-hybridized carbons (Fsp3) is 0.538. The van der Waals surface area contributed by atoms with Gasteiger partial charge in [-0.25, -0.2) is 0 Å². The van der Waals surface area contributed by atoms with Gasteiger partial charge < -0.3 is 10.5 Å². The molecule has 0 bridgehead atoms. The number of hydrogen-bond acceptors (Lipinski definition) is 3. The number of nitrogens with two attached hydrogens (primary N) is 1. The van der Waals surface area contributed by atoms with Crippen LogP contribution >= 0.6 is 0 Å². The van der Waals surface area contributed by atoms with Gasteiger partial charge in [-0.05, 0) is 30.5 Å². The maximum Gasteiger partial charge on any atom is 0.0593 e. The normalized spacial score (nSPS) is 16.1. The number of fused-ring (bicyclic) bond motifs is 1. The Balaban J connectivity index is 1.97. The lowest BCUT2D eigenvalue weighted by Crippen LogP contribution is -2.33. The first-order valence-corrected chi connectivity index (χ1v) is 5.97. The third kappa shape index (κ3) is 2.54. The number of rotatable bonds is 4.